The lowest BCUT2D eigenvalue weighted by Gasteiger charge is -2.02. The van der Waals surface area contributed by atoms with E-state index in [0.29, 0.717) is 0 Å². The summed E-state index contributed by atoms with van der Waals surface area (Å²) in [5.74, 6) is 0. The molecular weight excluding hydrogens is 228 g/mol. The molecule has 0 atom stereocenters. The van der Waals surface area contributed by atoms with Crippen molar-refractivity contribution in [2.24, 2.45) is 0 Å². The van der Waals surface area contributed by atoms with E-state index in [0.717, 1.165) is 12.8 Å². The van der Waals surface area contributed by atoms with Crippen LogP contribution in [0.4, 0.5) is 0 Å². The SMILES string of the molecule is [CH2]C/C=[C]/CCCCCCCCCCCCCCC. The summed E-state index contributed by atoms with van der Waals surface area (Å²) >= 11 is 0. The minimum absolute atomic E-state index is 0.887. The highest BCUT2D eigenvalue weighted by molar-refractivity contribution is 4.74. The average molecular weight is 264 g/mol. The Hall–Kier alpha value is -0.260. The largest absolute Gasteiger partial charge is 0.0811 e. The van der Waals surface area contributed by atoms with Crippen molar-refractivity contribution < 1.29 is 0 Å². The molecule has 0 spiro atoms. The Morgan fingerprint density at radius 2 is 1.11 bits per heavy atom. The van der Waals surface area contributed by atoms with Crippen LogP contribution in [0.5, 0.6) is 0 Å². The lowest BCUT2D eigenvalue weighted by molar-refractivity contribution is 0.539. The topological polar surface area (TPSA) is 0 Å². The monoisotopic (exact) mass is 264 g/mol. The highest BCUT2D eigenvalue weighted by Crippen LogP contribution is 2.12. The summed E-state index contributed by atoms with van der Waals surface area (Å²) in [6, 6.07) is 0. The molecular formula is C19H36. The molecule has 0 heterocycles. The van der Waals surface area contributed by atoms with Crippen LogP contribution in [0.15, 0.2) is 6.08 Å². The van der Waals surface area contributed by atoms with E-state index < -0.39 is 0 Å². The Morgan fingerprint density at radius 1 is 0.684 bits per heavy atom. The van der Waals surface area contributed by atoms with Gasteiger partial charge in [-0.05, 0) is 32.3 Å². The van der Waals surface area contributed by atoms with Gasteiger partial charge in [-0.1, -0.05) is 90.0 Å². The molecule has 0 N–H and O–H groups in total. The summed E-state index contributed by atoms with van der Waals surface area (Å²) in [7, 11) is 0. The van der Waals surface area contributed by atoms with Crippen LogP contribution < -0.4 is 0 Å². The summed E-state index contributed by atoms with van der Waals surface area (Å²) in [6.07, 6.45) is 25.9. The van der Waals surface area contributed by atoms with Gasteiger partial charge in [-0.3, -0.25) is 0 Å². The Bertz CT molecular complexity index is 169. The van der Waals surface area contributed by atoms with E-state index in [-0.39, 0.29) is 0 Å². The van der Waals surface area contributed by atoms with Crippen molar-refractivity contribution in [1.82, 2.24) is 0 Å². The average Bonchev–Trinajstić information content (AvgIpc) is 2.43. The predicted molar refractivity (Wildman–Crippen MR) is 88.1 cm³/mol. The third-order valence-electron chi connectivity index (χ3n) is 3.71. The second-order valence-corrected chi connectivity index (χ2v) is 5.69. The van der Waals surface area contributed by atoms with Crippen molar-refractivity contribution in [2.45, 2.75) is 103 Å². The first kappa shape index (κ1) is 18.7. The fourth-order valence-electron chi connectivity index (χ4n) is 2.45. The van der Waals surface area contributed by atoms with Crippen molar-refractivity contribution in [1.29, 1.82) is 0 Å². The van der Waals surface area contributed by atoms with E-state index in [1.165, 1.54) is 83.5 Å². The minimum atomic E-state index is 0.887. The van der Waals surface area contributed by atoms with Crippen LogP contribution in [0.1, 0.15) is 103 Å². The number of allylic oxidation sites excluding steroid dienone is 2. The van der Waals surface area contributed by atoms with E-state index in [2.05, 4.69) is 26.0 Å². The normalized spacial score (nSPS) is 11.5. The van der Waals surface area contributed by atoms with E-state index in [1.807, 2.05) is 0 Å². The van der Waals surface area contributed by atoms with Crippen LogP contribution in [0, 0.1) is 13.0 Å². The number of hydrogen-bond acceptors (Lipinski definition) is 0. The first-order valence-corrected chi connectivity index (χ1v) is 8.76. The third-order valence-corrected chi connectivity index (χ3v) is 3.71. The maximum atomic E-state index is 3.77. The molecule has 0 aromatic rings. The maximum Gasteiger partial charge on any atom is -0.0279 e. The van der Waals surface area contributed by atoms with Gasteiger partial charge in [-0.15, -0.1) is 0 Å². The van der Waals surface area contributed by atoms with Crippen molar-refractivity contribution in [3.05, 3.63) is 19.1 Å². The van der Waals surface area contributed by atoms with Crippen LogP contribution in [0.25, 0.3) is 0 Å². The standard InChI is InChI=1S/C19H36/c1-3-5-7-9-11-13-15-17-19-18-16-14-12-10-8-6-4-2/h5H,1,3-4,6,8-19H2,2H3. The summed E-state index contributed by atoms with van der Waals surface area (Å²) < 4.78 is 0. The first-order valence-electron chi connectivity index (χ1n) is 8.76. The van der Waals surface area contributed by atoms with Gasteiger partial charge in [0.2, 0.25) is 0 Å². The summed E-state index contributed by atoms with van der Waals surface area (Å²) in [6.45, 7) is 6.06. The van der Waals surface area contributed by atoms with Gasteiger partial charge >= 0.3 is 0 Å². The molecule has 0 amide bonds. The van der Waals surface area contributed by atoms with E-state index in [9.17, 15) is 0 Å². The molecule has 0 aromatic heterocycles. The molecule has 112 valence electrons. The second-order valence-electron chi connectivity index (χ2n) is 5.69. The lowest BCUT2D eigenvalue weighted by atomic mass is 10.0. The predicted octanol–water partition coefficient (Wildman–Crippen LogP) is 7.05. The zero-order chi connectivity index (χ0) is 14.0. The Morgan fingerprint density at radius 3 is 1.53 bits per heavy atom. The Labute approximate surface area is 123 Å². The smallest absolute Gasteiger partial charge is 0.0279 e. The van der Waals surface area contributed by atoms with Crippen LogP contribution in [0.3, 0.4) is 0 Å². The van der Waals surface area contributed by atoms with E-state index in [4.69, 9.17) is 0 Å². The molecule has 0 saturated carbocycles. The number of rotatable bonds is 15. The van der Waals surface area contributed by atoms with Gasteiger partial charge in [0.1, 0.15) is 0 Å². The van der Waals surface area contributed by atoms with Gasteiger partial charge in [0.05, 0.1) is 0 Å². The fourth-order valence-corrected chi connectivity index (χ4v) is 2.45. The molecule has 0 rings (SSSR count). The number of unbranched alkanes of at least 4 members (excludes halogenated alkanes) is 13. The van der Waals surface area contributed by atoms with Crippen LogP contribution in [0.2, 0.25) is 0 Å². The van der Waals surface area contributed by atoms with Gasteiger partial charge in [0.25, 0.3) is 0 Å². The molecule has 0 fully saturated rings. The second kappa shape index (κ2) is 17.7. The number of hydrogen-bond donors (Lipinski definition) is 0. The maximum absolute atomic E-state index is 3.77. The molecule has 2 radical (unpaired) electrons. The highest BCUT2D eigenvalue weighted by atomic mass is 14.0. The van der Waals surface area contributed by atoms with Crippen LogP contribution >= 0.6 is 0 Å². The van der Waals surface area contributed by atoms with E-state index in [1.54, 1.807) is 0 Å². The highest BCUT2D eigenvalue weighted by Gasteiger charge is 1.93. The fraction of sp³-hybridized carbons (Fsp3) is 0.842. The molecule has 0 bridgehead atoms. The molecule has 0 heteroatoms. The molecule has 0 unspecified atom stereocenters. The molecule has 0 aliphatic rings. The van der Waals surface area contributed by atoms with Gasteiger partial charge in [-0.25, -0.2) is 0 Å². The third kappa shape index (κ3) is 17.7. The molecule has 0 nitrogen and oxygen atoms in total. The van der Waals surface area contributed by atoms with Gasteiger partial charge in [0, 0.05) is 0 Å². The van der Waals surface area contributed by atoms with Crippen molar-refractivity contribution in [3.63, 3.8) is 0 Å². The summed E-state index contributed by atoms with van der Waals surface area (Å²) in [4.78, 5) is 0. The van der Waals surface area contributed by atoms with Gasteiger partial charge in [0.15, 0.2) is 0 Å². The lowest BCUT2D eigenvalue weighted by Crippen LogP contribution is -1.82. The molecule has 0 aromatic carbocycles. The van der Waals surface area contributed by atoms with Crippen molar-refractivity contribution in [3.8, 4) is 0 Å². The quantitative estimate of drug-likeness (QED) is 0.278. The Balaban J connectivity index is 2.93. The first-order chi connectivity index (χ1) is 9.41. The summed E-state index contributed by atoms with van der Waals surface area (Å²) in [5.41, 5.74) is 0. The van der Waals surface area contributed by atoms with Gasteiger partial charge < -0.3 is 0 Å². The van der Waals surface area contributed by atoms with Crippen LogP contribution in [-0.4, -0.2) is 0 Å². The van der Waals surface area contributed by atoms with Crippen molar-refractivity contribution >= 4 is 0 Å². The molecule has 0 saturated heterocycles. The van der Waals surface area contributed by atoms with Crippen LogP contribution in [-0.2, 0) is 0 Å². The van der Waals surface area contributed by atoms with Gasteiger partial charge in [-0.2, -0.15) is 0 Å². The summed E-state index contributed by atoms with van der Waals surface area (Å²) in [5, 5.41) is 0. The minimum Gasteiger partial charge on any atom is -0.0811 e. The molecule has 0 aliphatic heterocycles. The van der Waals surface area contributed by atoms with E-state index >= 15 is 0 Å². The zero-order valence-corrected chi connectivity index (χ0v) is 13.4. The Kier molecular flexibility index (Phi) is 17.5. The molecule has 0 aliphatic carbocycles. The molecule has 19 heavy (non-hydrogen) atoms. The van der Waals surface area contributed by atoms with Crippen molar-refractivity contribution in [2.75, 3.05) is 0 Å². The zero-order valence-electron chi connectivity index (χ0n) is 13.4.